The minimum absolute atomic E-state index is 0.505. The van der Waals surface area contributed by atoms with Crippen LogP contribution in [0.1, 0.15) is 18.6 Å². The Bertz CT molecular complexity index is 730. The van der Waals surface area contributed by atoms with Crippen LogP contribution in [0.3, 0.4) is 0 Å². The third-order valence-electron chi connectivity index (χ3n) is 3.79. The van der Waals surface area contributed by atoms with E-state index in [4.69, 9.17) is 4.74 Å². The molecule has 0 aromatic heterocycles. The molecule has 1 aliphatic heterocycles. The molecule has 0 bridgehead atoms. The quantitative estimate of drug-likeness (QED) is 0.755. The summed E-state index contributed by atoms with van der Waals surface area (Å²) in [5, 5.41) is 15.0. The smallest absolute Gasteiger partial charge is 0.322 e. The maximum Gasteiger partial charge on any atom is 0.322 e. The fourth-order valence-corrected chi connectivity index (χ4v) is 2.43. The summed E-state index contributed by atoms with van der Waals surface area (Å²) in [7, 11) is 0. The van der Waals surface area contributed by atoms with Gasteiger partial charge in [-0.1, -0.05) is 30.3 Å². The molecule has 2 unspecified atom stereocenters. The monoisotopic (exact) mass is 312 g/mol. The Balaban J connectivity index is 1.77. The first-order valence-corrected chi connectivity index (χ1v) is 7.13. The third kappa shape index (κ3) is 2.89. The van der Waals surface area contributed by atoms with Crippen LogP contribution in [-0.4, -0.2) is 22.6 Å². The van der Waals surface area contributed by atoms with E-state index in [1.807, 2.05) is 30.3 Å². The molecule has 6 heteroatoms. The van der Waals surface area contributed by atoms with E-state index in [0.29, 0.717) is 17.1 Å². The van der Waals surface area contributed by atoms with Crippen molar-refractivity contribution < 1.29 is 19.4 Å². The number of urea groups is 1. The molecule has 23 heavy (non-hydrogen) atoms. The zero-order valence-electron chi connectivity index (χ0n) is 12.4. The average molecular weight is 312 g/mol. The fraction of sp³-hybridized carbons (Fsp3) is 0.176. The first-order valence-electron chi connectivity index (χ1n) is 7.13. The number of imide groups is 1. The topological polar surface area (TPSA) is 87.7 Å². The van der Waals surface area contributed by atoms with E-state index in [9.17, 15) is 14.7 Å². The van der Waals surface area contributed by atoms with Crippen LogP contribution in [0.25, 0.3) is 0 Å². The Labute approximate surface area is 133 Å². The Morgan fingerprint density at radius 3 is 2.17 bits per heavy atom. The van der Waals surface area contributed by atoms with Gasteiger partial charge in [-0.2, -0.15) is 0 Å². The van der Waals surface area contributed by atoms with Crippen molar-refractivity contribution >= 4 is 11.9 Å². The average Bonchev–Trinajstić information content (AvgIpc) is 2.82. The lowest BCUT2D eigenvalue weighted by Gasteiger charge is -2.27. The lowest BCUT2D eigenvalue weighted by atomic mass is 9.89. The highest BCUT2D eigenvalue weighted by molar-refractivity contribution is 6.07. The van der Waals surface area contributed by atoms with Crippen LogP contribution in [-0.2, 0) is 4.79 Å². The van der Waals surface area contributed by atoms with Gasteiger partial charge in [-0.3, -0.25) is 10.1 Å². The van der Waals surface area contributed by atoms with Gasteiger partial charge in [0.15, 0.2) is 0 Å². The Morgan fingerprint density at radius 1 is 1.00 bits per heavy atom. The van der Waals surface area contributed by atoms with Gasteiger partial charge in [0, 0.05) is 0 Å². The summed E-state index contributed by atoms with van der Waals surface area (Å²) in [5.74, 6) is 0.756. The van der Waals surface area contributed by atoms with E-state index in [-0.39, 0.29) is 0 Å². The van der Waals surface area contributed by atoms with Gasteiger partial charge in [0.25, 0.3) is 5.91 Å². The van der Waals surface area contributed by atoms with Crippen molar-refractivity contribution in [2.75, 3.05) is 0 Å². The number of aliphatic hydroxyl groups is 1. The highest BCUT2D eigenvalue weighted by Crippen LogP contribution is 2.30. The molecule has 3 rings (SSSR count). The van der Waals surface area contributed by atoms with Crippen LogP contribution < -0.4 is 15.4 Å². The number of benzene rings is 2. The van der Waals surface area contributed by atoms with Crippen LogP contribution in [0.5, 0.6) is 11.5 Å². The third-order valence-corrected chi connectivity index (χ3v) is 3.79. The zero-order valence-corrected chi connectivity index (χ0v) is 12.4. The van der Waals surface area contributed by atoms with Crippen molar-refractivity contribution in [3.8, 4) is 11.5 Å². The number of nitrogens with one attached hydrogen (secondary N) is 2. The largest absolute Gasteiger partial charge is 0.457 e. The van der Waals surface area contributed by atoms with Crippen molar-refractivity contribution in [1.82, 2.24) is 10.6 Å². The lowest BCUT2D eigenvalue weighted by molar-refractivity contribution is -0.127. The second-order valence-electron chi connectivity index (χ2n) is 5.50. The van der Waals surface area contributed by atoms with E-state index >= 15 is 0 Å². The first-order chi connectivity index (χ1) is 11.0. The minimum atomic E-state index is -1.39. The molecule has 1 aliphatic rings. The summed E-state index contributed by atoms with van der Waals surface area (Å²) >= 11 is 0. The number of carbonyl (C=O) groups excluding carboxylic acids is 2. The van der Waals surface area contributed by atoms with Crippen LogP contribution in [0, 0.1) is 0 Å². The number of hydrogen-bond acceptors (Lipinski definition) is 4. The highest BCUT2D eigenvalue weighted by Gasteiger charge is 2.48. The molecule has 1 saturated heterocycles. The van der Waals surface area contributed by atoms with E-state index in [2.05, 4.69) is 10.6 Å². The number of rotatable bonds is 4. The summed E-state index contributed by atoms with van der Waals surface area (Å²) in [6, 6.07) is 15.4. The van der Waals surface area contributed by atoms with Crippen LogP contribution in [0.2, 0.25) is 0 Å². The van der Waals surface area contributed by atoms with E-state index < -0.39 is 23.6 Å². The Morgan fingerprint density at radius 2 is 1.61 bits per heavy atom. The van der Waals surface area contributed by atoms with Gasteiger partial charge in [-0.15, -0.1) is 0 Å². The highest BCUT2D eigenvalue weighted by atomic mass is 16.5. The molecular weight excluding hydrogens is 296 g/mol. The molecule has 2 atom stereocenters. The minimum Gasteiger partial charge on any atom is -0.457 e. The maximum absolute atomic E-state index is 11.9. The Hall–Kier alpha value is -2.86. The molecular formula is C17H16N2O4. The zero-order chi connectivity index (χ0) is 16.4. The summed E-state index contributed by atoms with van der Waals surface area (Å²) in [5.41, 5.74) is -0.885. The van der Waals surface area contributed by atoms with Crippen molar-refractivity contribution in [3.05, 3.63) is 60.2 Å². The predicted octanol–water partition coefficient (Wildman–Crippen LogP) is 2.11. The first kappa shape index (κ1) is 15.1. The van der Waals surface area contributed by atoms with Crippen molar-refractivity contribution in [2.24, 2.45) is 0 Å². The van der Waals surface area contributed by atoms with Gasteiger partial charge < -0.3 is 15.2 Å². The second-order valence-corrected chi connectivity index (χ2v) is 5.50. The van der Waals surface area contributed by atoms with Gasteiger partial charge in [0.1, 0.15) is 23.1 Å². The van der Waals surface area contributed by atoms with E-state index in [1.165, 1.54) is 6.92 Å². The van der Waals surface area contributed by atoms with Crippen molar-refractivity contribution in [1.29, 1.82) is 0 Å². The summed E-state index contributed by atoms with van der Waals surface area (Å²) in [6.45, 7) is 1.48. The number of carbonyl (C=O) groups is 2. The number of para-hydroxylation sites is 1. The van der Waals surface area contributed by atoms with Gasteiger partial charge in [0.05, 0.1) is 0 Å². The normalized spacial score (nSPS) is 21.5. The van der Waals surface area contributed by atoms with E-state index in [1.54, 1.807) is 24.3 Å². The molecule has 6 nitrogen and oxygen atoms in total. The molecule has 1 fully saturated rings. The molecule has 2 aromatic carbocycles. The summed E-state index contributed by atoms with van der Waals surface area (Å²) < 4.78 is 5.67. The number of hydrogen-bond donors (Lipinski definition) is 3. The van der Waals surface area contributed by atoms with Gasteiger partial charge >= 0.3 is 6.03 Å². The second kappa shape index (κ2) is 5.73. The molecule has 2 aromatic rings. The van der Waals surface area contributed by atoms with Gasteiger partial charge in [-0.05, 0) is 36.8 Å². The molecule has 0 saturated carbocycles. The lowest BCUT2D eigenvalue weighted by Crippen LogP contribution is -2.49. The molecule has 3 amide bonds. The fourth-order valence-electron chi connectivity index (χ4n) is 2.43. The molecule has 0 aliphatic carbocycles. The van der Waals surface area contributed by atoms with Crippen LogP contribution >= 0.6 is 0 Å². The summed E-state index contributed by atoms with van der Waals surface area (Å²) in [6.07, 6.45) is -1.17. The van der Waals surface area contributed by atoms with Crippen LogP contribution in [0.4, 0.5) is 4.79 Å². The van der Waals surface area contributed by atoms with Gasteiger partial charge in [0.2, 0.25) is 0 Å². The SMILES string of the molecule is CC1(C(O)c2ccc(Oc3ccccc3)cc2)NC(=O)NC1=O. The molecule has 3 N–H and O–H groups in total. The summed E-state index contributed by atoms with van der Waals surface area (Å²) in [4.78, 5) is 23.1. The number of ether oxygens (including phenoxy) is 1. The maximum atomic E-state index is 11.9. The standard InChI is InChI=1S/C17H16N2O4/c1-17(15(21)18-16(22)19-17)14(20)11-7-9-13(10-8-11)23-12-5-3-2-4-6-12/h2-10,14,20H,1H3,(H2,18,19,21,22). The Kier molecular flexibility index (Phi) is 3.75. The van der Waals surface area contributed by atoms with Crippen molar-refractivity contribution in [3.63, 3.8) is 0 Å². The molecule has 0 spiro atoms. The number of aliphatic hydroxyl groups excluding tert-OH is 1. The molecule has 118 valence electrons. The van der Waals surface area contributed by atoms with Crippen LogP contribution in [0.15, 0.2) is 54.6 Å². The molecule has 0 radical (unpaired) electrons. The van der Waals surface area contributed by atoms with Crippen molar-refractivity contribution in [2.45, 2.75) is 18.6 Å². The van der Waals surface area contributed by atoms with Gasteiger partial charge in [-0.25, -0.2) is 4.79 Å². The predicted molar refractivity (Wildman–Crippen MR) is 83.0 cm³/mol. The van der Waals surface area contributed by atoms with E-state index in [0.717, 1.165) is 0 Å². The molecule has 1 heterocycles. The number of amides is 3.